The first-order valence-electron chi connectivity index (χ1n) is 9.73. The molecular weight excluding hydrogens is 414 g/mol. The monoisotopic (exact) mass is 434 g/mol. The molecule has 2 nitrogen and oxygen atoms in total. The molecule has 1 aromatic carbocycles. The largest absolute Gasteiger partial charge is 0.487 e. The maximum Gasteiger partial charge on any atom is 0.160 e. The molecule has 142 valence electrons. The van der Waals surface area contributed by atoms with E-state index in [1.807, 2.05) is 0 Å². The molecule has 0 saturated heterocycles. The zero-order valence-electron chi connectivity index (χ0n) is 14.4. The molecule has 26 heavy (non-hydrogen) atoms. The minimum Gasteiger partial charge on any atom is -0.487 e. The summed E-state index contributed by atoms with van der Waals surface area (Å²) in [5, 5.41) is 1.29. The van der Waals surface area contributed by atoms with Crippen molar-refractivity contribution in [3.63, 3.8) is 0 Å². The Kier molecular flexibility index (Phi) is 4.71. The summed E-state index contributed by atoms with van der Waals surface area (Å²) in [5.41, 5.74) is 0. The smallest absolute Gasteiger partial charge is 0.160 e. The third kappa shape index (κ3) is 3.09. The van der Waals surface area contributed by atoms with Gasteiger partial charge in [-0.15, -0.1) is 0 Å². The number of rotatable bonds is 4. The van der Waals surface area contributed by atoms with E-state index in [2.05, 4.69) is 0 Å². The summed E-state index contributed by atoms with van der Waals surface area (Å²) in [4.78, 5) is 0. The molecule has 0 aromatic heterocycles. The first-order chi connectivity index (χ1) is 12.5. The normalized spacial score (nSPS) is 37.5. The lowest BCUT2D eigenvalue weighted by Gasteiger charge is -2.27. The molecule has 0 heterocycles. The summed E-state index contributed by atoms with van der Waals surface area (Å²) in [7, 11) is 0. The topological polar surface area (TPSA) is 18.5 Å². The average molecular weight is 436 g/mol. The van der Waals surface area contributed by atoms with Crippen LogP contribution in [0.15, 0.2) is 0 Å². The number of ether oxygens (including phenoxy) is 2. The molecule has 4 saturated carbocycles. The summed E-state index contributed by atoms with van der Waals surface area (Å²) in [6.45, 7) is 0. The second kappa shape index (κ2) is 6.79. The second-order valence-corrected chi connectivity index (χ2v) is 9.92. The Bertz CT molecular complexity index is 647. The van der Waals surface area contributed by atoms with Gasteiger partial charge in [0.15, 0.2) is 11.5 Å². The Hall–Kier alpha value is -0.0200. The van der Waals surface area contributed by atoms with Crippen molar-refractivity contribution < 1.29 is 9.47 Å². The van der Waals surface area contributed by atoms with Crippen LogP contribution in [-0.2, 0) is 0 Å². The van der Waals surface area contributed by atoms with Gasteiger partial charge in [0.2, 0.25) is 0 Å². The molecule has 6 atom stereocenters. The second-order valence-electron chi connectivity index (χ2n) is 8.41. The summed E-state index contributed by atoms with van der Waals surface area (Å²) in [6, 6.07) is 0. The maximum atomic E-state index is 6.54. The number of hydrogen-bond acceptors (Lipinski definition) is 2. The lowest BCUT2D eigenvalue weighted by molar-refractivity contribution is 0.136. The van der Waals surface area contributed by atoms with Crippen LogP contribution in [0.1, 0.15) is 51.4 Å². The van der Waals surface area contributed by atoms with E-state index in [1.54, 1.807) is 0 Å². The van der Waals surface area contributed by atoms with Crippen molar-refractivity contribution in [3.8, 4) is 11.5 Å². The van der Waals surface area contributed by atoms with Crippen LogP contribution in [0.5, 0.6) is 11.5 Å². The first kappa shape index (κ1) is 18.0. The van der Waals surface area contributed by atoms with E-state index in [4.69, 9.17) is 55.9 Å². The molecule has 4 aliphatic rings. The van der Waals surface area contributed by atoms with Crippen LogP contribution in [0, 0.1) is 23.7 Å². The van der Waals surface area contributed by atoms with E-state index in [0.29, 0.717) is 43.4 Å². The molecule has 6 heteroatoms. The van der Waals surface area contributed by atoms with Crippen molar-refractivity contribution in [2.24, 2.45) is 23.7 Å². The van der Waals surface area contributed by atoms with Gasteiger partial charge in [-0.1, -0.05) is 46.4 Å². The van der Waals surface area contributed by atoms with E-state index in [0.717, 1.165) is 24.7 Å². The van der Waals surface area contributed by atoms with Crippen molar-refractivity contribution in [1.82, 2.24) is 0 Å². The first-order valence-corrected chi connectivity index (χ1v) is 11.2. The average Bonchev–Trinajstić information content (AvgIpc) is 3.53. The highest BCUT2D eigenvalue weighted by molar-refractivity contribution is 6.50. The molecule has 0 bridgehead atoms. The Morgan fingerprint density at radius 3 is 1.35 bits per heavy atom. The minimum atomic E-state index is 0.160. The molecule has 0 unspecified atom stereocenters. The van der Waals surface area contributed by atoms with Gasteiger partial charge in [0.05, 0.1) is 0 Å². The molecule has 0 spiro atoms. The third-order valence-corrected chi connectivity index (χ3v) is 8.39. The maximum absolute atomic E-state index is 6.54. The molecule has 0 aliphatic heterocycles. The highest BCUT2D eigenvalue weighted by atomic mass is 35.5. The number of hydrogen-bond donors (Lipinski definition) is 0. The molecule has 1 aromatic rings. The van der Waals surface area contributed by atoms with Gasteiger partial charge in [-0.25, -0.2) is 0 Å². The fourth-order valence-electron chi connectivity index (χ4n) is 5.10. The SMILES string of the molecule is Clc1c(Cl)c(O[C@@H]2CCC[C@@H]3C[C@@H]32)c(Cl)c(Cl)c1O[C@H]1CCC[C@H]2C[C@H]21. The number of halogens is 4. The van der Waals surface area contributed by atoms with Gasteiger partial charge in [0.25, 0.3) is 0 Å². The highest BCUT2D eigenvalue weighted by Crippen LogP contribution is 2.56. The molecule has 4 aliphatic carbocycles. The van der Waals surface area contributed by atoms with Crippen molar-refractivity contribution in [2.75, 3.05) is 0 Å². The fraction of sp³-hybridized carbons (Fsp3) is 0.700. The summed E-state index contributed by atoms with van der Waals surface area (Å²) in [6.07, 6.45) is 9.87. The molecule has 0 amide bonds. The standard InChI is InChI=1S/C20H22Cl4O2/c21-15-17(23)20(26-14-6-2-4-10-8-12(10)14)18(24)16(22)19(15)25-13-5-1-3-9-7-11(9)13/h9-14H,1-8H2/t9-,10+,11+,12-,13-,14+. The number of fused-ring (bicyclic) bond motifs is 2. The van der Waals surface area contributed by atoms with E-state index in [9.17, 15) is 0 Å². The van der Waals surface area contributed by atoms with Crippen molar-refractivity contribution in [1.29, 1.82) is 0 Å². The summed E-state index contributed by atoms with van der Waals surface area (Å²) < 4.78 is 12.4. The highest BCUT2D eigenvalue weighted by Gasteiger charge is 2.48. The Morgan fingerprint density at radius 1 is 0.577 bits per heavy atom. The van der Waals surface area contributed by atoms with Crippen molar-refractivity contribution in [2.45, 2.75) is 63.6 Å². The molecule has 5 rings (SSSR count). The van der Waals surface area contributed by atoms with Crippen LogP contribution in [0.25, 0.3) is 0 Å². The van der Waals surface area contributed by atoms with Crippen LogP contribution in [0.3, 0.4) is 0 Å². The lowest BCUT2D eigenvalue weighted by Crippen LogP contribution is -2.24. The fourth-order valence-corrected chi connectivity index (χ4v) is 6.10. The molecule has 0 radical (unpaired) electrons. The predicted molar refractivity (Wildman–Crippen MR) is 106 cm³/mol. The van der Waals surface area contributed by atoms with Crippen LogP contribution >= 0.6 is 46.4 Å². The van der Waals surface area contributed by atoms with Gasteiger partial charge in [0.1, 0.15) is 32.3 Å². The Morgan fingerprint density at radius 2 is 0.962 bits per heavy atom. The van der Waals surface area contributed by atoms with E-state index < -0.39 is 0 Å². The minimum absolute atomic E-state index is 0.160. The van der Waals surface area contributed by atoms with Crippen molar-refractivity contribution >= 4 is 46.4 Å². The van der Waals surface area contributed by atoms with E-state index in [1.165, 1.54) is 38.5 Å². The van der Waals surface area contributed by atoms with Crippen LogP contribution < -0.4 is 9.47 Å². The molecule has 0 N–H and O–H groups in total. The van der Waals surface area contributed by atoms with E-state index >= 15 is 0 Å². The van der Waals surface area contributed by atoms with Crippen LogP contribution in [0.4, 0.5) is 0 Å². The Labute approximate surface area is 174 Å². The Balaban J connectivity index is 1.40. The summed E-state index contributed by atoms with van der Waals surface area (Å²) >= 11 is 26.2. The zero-order valence-corrected chi connectivity index (χ0v) is 17.5. The zero-order chi connectivity index (χ0) is 18.0. The van der Waals surface area contributed by atoms with Gasteiger partial charge >= 0.3 is 0 Å². The van der Waals surface area contributed by atoms with Crippen molar-refractivity contribution in [3.05, 3.63) is 20.1 Å². The quantitative estimate of drug-likeness (QED) is 0.457. The van der Waals surface area contributed by atoms with Gasteiger partial charge < -0.3 is 9.47 Å². The van der Waals surface area contributed by atoms with E-state index in [-0.39, 0.29) is 12.2 Å². The third-order valence-electron chi connectivity index (χ3n) is 6.76. The lowest BCUT2D eigenvalue weighted by atomic mass is 9.97. The molecule has 4 fully saturated rings. The van der Waals surface area contributed by atoms with Crippen LogP contribution in [0.2, 0.25) is 20.1 Å². The predicted octanol–water partition coefficient (Wildman–Crippen LogP) is 7.44. The van der Waals surface area contributed by atoms with Gasteiger partial charge in [-0.3, -0.25) is 0 Å². The van der Waals surface area contributed by atoms with Gasteiger partial charge in [-0.2, -0.15) is 0 Å². The van der Waals surface area contributed by atoms with Gasteiger partial charge in [-0.05, 0) is 75.0 Å². The van der Waals surface area contributed by atoms with Crippen LogP contribution in [-0.4, -0.2) is 12.2 Å². The van der Waals surface area contributed by atoms with Gasteiger partial charge in [0, 0.05) is 0 Å². The number of benzene rings is 1. The summed E-state index contributed by atoms with van der Waals surface area (Å²) in [5.74, 6) is 3.69. The molecular formula is C20H22Cl4O2.